The van der Waals surface area contributed by atoms with Crippen molar-refractivity contribution >= 4 is 40.7 Å². The molecule has 0 amide bonds. The third kappa shape index (κ3) is 20.9. The number of rotatable bonds is 18. The van der Waals surface area contributed by atoms with Crippen molar-refractivity contribution in [3.63, 3.8) is 0 Å². The van der Waals surface area contributed by atoms with Crippen LogP contribution in [0.15, 0.2) is 0 Å². The first-order valence-corrected chi connectivity index (χ1v) is 16.2. The van der Waals surface area contributed by atoms with E-state index in [4.69, 9.17) is 8.56 Å². The van der Waals surface area contributed by atoms with Gasteiger partial charge in [0.05, 0.1) is 0 Å². The summed E-state index contributed by atoms with van der Waals surface area (Å²) in [4.78, 5) is 36.5. The molecule has 6 nitrogen and oxygen atoms in total. The molecule has 0 saturated heterocycles. The number of hydrogen-bond acceptors (Lipinski definition) is 6. The van der Waals surface area contributed by atoms with Crippen LogP contribution in [-0.2, 0) is 22.9 Å². The number of carbonyl (C=O) groups excluding carboxylic acids is 3. The van der Waals surface area contributed by atoms with Crippen molar-refractivity contribution < 1.29 is 22.9 Å². The summed E-state index contributed by atoms with van der Waals surface area (Å²) in [6.45, 7) is 12.9. The zero-order chi connectivity index (χ0) is 23.6. The Morgan fingerprint density at radius 3 is 1.00 bits per heavy atom. The van der Waals surface area contributed by atoms with Crippen LogP contribution in [0.4, 0.5) is 0 Å². The van der Waals surface area contributed by atoms with E-state index < -0.39 is 40.7 Å². The van der Waals surface area contributed by atoms with Gasteiger partial charge in [0.25, 0.3) is 0 Å². The molecule has 0 bridgehead atoms. The molecule has 180 valence electrons. The predicted octanol–water partition coefficient (Wildman–Crippen LogP) is 6.25. The predicted molar refractivity (Wildman–Crippen MR) is 124 cm³/mol. The second-order valence-corrected chi connectivity index (χ2v) is 13.3. The molecule has 0 aliphatic heterocycles. The number of carbonyl (C=O) groups is 3. The van der Waals surface area contributed by atoms with Gasteiger partial charge in [0.15, 0.2) is 0 Å². The van der Waals surface area contributed by atoms with Crippen molar-refractivity contribution in [2.45, 2.75) is 119 Å². The second kappa shape index (κ2) is 18.8. The molecule has 0 aromatic carbocycles. The van der Waals surface area contributed by atoms with Gasteiger partial charge in [0, 0.05) is 0 Å². The maximum atomic E-state index is 12.2. The number of hydrogen-bond donors (Lipinski definition) is 0. The molecule has 0 aliphatic carbocycles. The van der Waals surface area contributed by atoms with Crippen molar-refractivity contribution in [3.8, 4) is 0 Å². The fourth-order valence-electron chi connectivity index (χ4n) is 3.04. The summed E-state index contributed by atoms with van der Waals surface area (Å²) in [6.07, 6.45) is 8.94. The van der Waals surface area contributed by atoms with Crippen LogP contribution in [0.1, 0.15) is 119 Å². The topological polar surface area (TPSA) is 78.9 Å². The van der Waals surface area contributed by atoms with Gasteiger partial charge in [-0.1, -0.05) is 0 Å². The molecule has 0 fully saturated rings. The van der Waals surface area contributed by atoms with Gasteiger partial charge in [-0.15, -0.1) is 0 Å². The average Bonchev–Trinajstić information content (AvgIpc) is 2.65. The summed E-state index contributed by atoms with van der Waals surface area (Å²) in [6, 6.07) is 0. The van der Waals surface area contributed by atoms with Gasteiger partial charge in [0.2, 0.25) is 0 Å². The van der Waals surface area contributed by atoms with E-state index in [0.29, 0.717) is 17.8 Å². The van der Waals surface area contributed by atoms with Crippen LogP contribution in [0.3, 0.4) is 0 Å². The summed E-state index contributed by atoms with van der Waals surface area (Å²) < 4.78 is 16.1. The Morgan fingerprint density at radius 1 is 0.516 bits per heavy atom. The van der Waals surface area contributed by atoms with Gasteiger partial charge in [-0.25, -0.2) is 0 Å². The van der Waals surface area contributed by atoms with Crippen molar-refractivity contribution in [2.24, 2.45) is 17.8 Å². The van der Waals surface area contributed by atoms with Crippen LogP contribution < -0.4 is 0 Å². The van der Waals surface area contributed by atoms with Crippen LogP contribution >= 0.6 is 0 Å². The Kier molecular flexibility index (Phi) is 18.4. The molecule has 0 aromatic rings. The molecule has 0 N–H and O–H groups in total. The normalized spacial score (nSPS) is 11.1. The third-order valence-corrected chi connectivity index (χ3v) is 8.82. The first-order chi connectivity index (χ1) is 14.6. The van der Waals surface area contributed by atoms with Gasteiger partial charge < -0.3 is 0 Å². The zero-order valence-electron chi connectivity index (χ0n) is 20.7. The van der Waals surface area contributed by atoms with E-state index in [2.05, 4.69) is 41.5 Å². The summed E-state index contributed by atoms with van der Waals surface area (Å²) >= 11 is -3.98. The second-order valence-electron chi connectivity index (χ2n) is 9.68. The molecule has 0 heterocycles. The van der Waals surface area contributed by atoms with Crippen LogP contribution in [0.25, 0.3) is 0 Å². The maximum absolute atomic E-state index is 12.2. The van der Waals surface area contributed by atoms with E-state index in [-0.39, 0.29) is 19.3 Å². The Bertz CT molecular complexity index is 433. The van der Waals surface area contributed by atoms with Gasteiger partial charge in [-0.05, 0) is 0 Å². The molecule has 0 aromatic heterocycles. The third-order valence-electron chi connectivity index (χ3n) is 4.92. The van der Waals surface area contributed by atoms with E-state index in [1.165, 1.54) is 0 Å². The first kappa shape index (κ1) is 30.3. The van der Waals surface area contributed by atoms with Crippen LogP contribution in [0.2, 0.25) is 0 Å². The van der Waals surface area contributed by atoms with Gasteiger partial charge in [-0.3, -0.25) is 0 Å². The Morgan fingerprint density at radius 2 is 0.774 bits per heavy atom. The van der Waals surface area contributed by atoms with Crippen LogP contribution in [-0.4, -0.2) is 40.7 Å². The zero-order valence-corrected chi connectivity index (χ0v) is 24.0. The van der Waals surface area contributed by atoms with Gasteiger partial charge in [-0.2, -0.15) is 0 Å². The molecule has 0 rings (SSSR count). The minimum atomic E-state index is -3.98. The quantitative estimate of drug-likeness (QED) is 0.190. The van der Waals surface area contributed by atoms with Crippen LogP contribution in [0, 0.1) is 17.8 Å². The molecule has 0 atom stereocenters. The Hall–Kier alpha value is -0.720. The van der Waals surface area contributed by atoms with E-state index >= 15 is 0 Å². The van der Waals surface area contributed by atoms with E-state index in [1.54, 1.807) is 0 Å². The SMILES string of the molecule is CC(C)CCCCC(=O)[O][In]([O]C(=O)CCCCC(C)C)[O]C(=O)CCCCC(C)C. The molecule has 7 heteroatoms. The molecule has 31 heavy (non-hydrogen) atoms. The van der Waals surface area contributed by atoms with Crippen molar-refractivity contribution in [1.29, 1.82) is 0 Å². The van der Waals surface area contributed by atoms with Crippen molar-refractivity contribution in [2.75, 3.05) is 0 Å². The summed E-state index contributed by atoms with van der Waals surface area (Å²) in [5.74, 6) is 0.503. The summed E-state index contributed by atoms with van der Waals surface area (Å²) in [5.41, 5.74) is 0. The molecule has 0 unspecified atom stereocenters. The first-order valence-electron chi connectivity index (χ1n) is 12.2. The van der Waals surface area contributed by atoms with Crippen molar-refractivity contribution in [1.82, 2.24) is 0 Å². The minimum absolute atomic E-state index is 0.262. The molecular weight excluding hydrogens is 499 g/mol. The molecular formula is C24H45InO6. The fraction of sp³-hybridized carbons (Fsp3) is 0.875. The van der Waals surface area contributed by atoms with Crippen LogP contribution in [0.5, 0.6) is 0 Å². The Labute approximate surface area is 199 Å². The molecule has 0 saturated carbocycles. The van der Waals surface area contributed by atoms with Crippen molar-refractivity contribution in [3.05, 3.63) is 0 Å². The molecule has 0 spiro atoms. The van der Waals surface area contributed by atoms with Gasteiger partial charge in [0.1, 0.15) is 0 Å². The molecule has 0 radical (unpaired) electrons. The monoisotopic (exact) mass is 544 g/mol. The number of unbranched alkanes of at least 4 members (excludes halogenated alkanes) is 3. The average molecular weight is 544 g/mol. The van der Waals surface area contributed by atoms with E-state index in [9.17, 15) is 14.4 Å². The molecule has 0 aliphatic rings. The summed E-state index contributed by atoms with van der Waals surface area (Å²) in [7, 11) is 0. The fourth-order valence-corrected chi connectivity index (χ4v) is 6.30. The Balaban J connectivity index is 4.53. The summed E-state index contributed by atoms with van der Waals surface area (Å²) in [5, 5.41) is 0. The van der Waals surface area contributed by atoms with E-state index in [1.807, 2.05) is 0 Å². The van der Waals surface area contributed by atoms with Gasteiger partial charge >= 0.3 is 200 Å². The standard InChI is InChI=1S/3C8H16O2.In/c3*1-7(2)5-3-4-6-8(9)10;/h3*7H,3-6H2,1-2H3,(H,9,10);/q;;;+3/p-3. The van der Waals surface area contributed by atoms with E-state index in [0.717, 1.165) is 57.8 Å².